The van der Waals surface area contributed by atoms with Crippen molar-refractivity contribution in [2.75, 3.05) is 18.8 Å². The van der Waals surface area contributed by atoms with Crippen molar-refractivity contribution >= 4 is 28.9 Å². The molecule has 0 aromatic heterocycles. The van der Waals surface area contributed by atoms with Gasteiger partial charge in [-0.25, -0.2) is 0 Å². The van der Waals surface area contributed by atoms with Gasteiger partial charge in [0.2, 0.25) is 0 Å². The lowest BCUT2D eigenvalue weighted by atomic mass is 9.91. The first kappa shape index (κ1) is 15.6. The first-order valence-corrected chi connectivity index (χ1v) is 7.20. The number of nitrogens with two attached hydrogens (primary N) is 1. The van der Waals surface area contributed by atoms with Gasteiger partial charge < -0.3 is 10.6 Å². The van der Waals surface area contributed by atoms with Crippen molar-refractivity contribution in [2.24, 2.45) is 11.8 Å². The van der Waals surface area contributed by atoms with Crippen LogP contribution in [0.2, 0.25) is 5.02 Å². The molecule has 2 N–H and O–H groups in total. The van der Waals surface area contributed by atoms with Crippen LogP contribution < -0.4 is 5.73 Å². The second kappa shape index (κ2) is 5.89. The van der Waals surface area contributed by atoms with Crippen LogP contribution in [0.25, 0.3) is 0 Å². The van der Waals surface area contributed by atoms with Gasteiger partial charge in [-0.1, -0.05) is 25.4 Å². The lowest BCUT2D eigenvalue weighted by Gasteiger charge is -2.35. The fourth-order valence-electron chi connectivity index (χ4n) is 2.89. The van der Waals surface area contributed by atoms with Crippen LogP contribution in [0.1, 0.15) is 30.6 Å². The second-order valence-corrected chi connectivity index (χ2v) is 6.21. The quantitative estimate of drug-likeness (QED) is 0.516. The van der Waals surface area contributed by atoms with Gasteiger partial charge in [0, 0.05) is 24.7 Å². The Bertz CT molecular complexity index is 581. The molecule has 2 atom stereocenters. The van der Waals surface area contributed by atoms with E-state index in [2.05, 4.69) is 13.8 Å². The number of hydrogen-bond donors (Lipinski definition) is 1. The summed E-state index contributed by atoms with van der Waals surface area (Å²) in [6.45, 7) is 5.49. The minimum Gasteiger partial charge on any atom is -0.392 e. The van der Waals surface area contributed by atoms with Crippen LogP contribution in [-0.4, -0.2) is 28.8 Å². The molecule has 0 radical (unpaired) electrons. The minimum atomic E-state index is -0.626. The number of piperidine rings is 1. The first-order chi connectivity index (χ1) is 9.79. The summed E-state index contributed by atoms with van der Waals surface area (Å²) in [6.07, 6.45) is 1.08. The SMILES string of the molecule is CC1CC(C)CN(C(=O)c2cc(Cl)c(N)c([N+](=O)[O-])c2)C1. The predicted octanol–water partition coefficient (Wildman–Crippen LogP) is 2.95. The summed E-state index contributed by atoms with van der Waals surface area (Å²) in [5.74, 6) is 0.590. The highest BCUT2D eigenvalue weighted by atomic mass is 35.5. The van der Waals surface area contributed by atoms with Gasteiger partial charge in [-0.15, -0.1) is 0 Å². The van der Waals surface area contributed by atoms with Gasteiger partial charge in [-0.2, -0.15) is 0 Å². The van der Waals surface area contributed by atoms with Gasteiger partial charge in [0.1, 0.15) is 5.69 Å². The third-order valence-electron chi connectivity index (χ3n) is 3.71. The zero-order valence-corrected chi connectivity index (χ0v) is 12.8. The maximum absolute atomic E-state index is 12.5. The highest BCUT2D eigenvalue weighted by Crippen LogP contribution is 2.32. The Balaban J connectivity index is 2.33. The molecule has 0 saturated carbocycles. The molecule has 0 bridgehead atoms. The fraction of sp³-hybridized carbons (Fsp3) is 0.500. The van der Waals surface area contributed by atoms with Crippen LogP contribution in [0.3, 0.4) is 0 Å². The summed E-state index contributed by atoms with van der Waals surface area (Å²) in [5, 5.41) is 11.0. The normalized spacial score (nSPS) is 22.1. The number of benzene rings is 1. The fourth-order valence-corrected chi connectivity index (χ4v) is 3.10. The van der Waals surface area contributed by atoms with Gasteiger partial charge in [-0.05, 0) is 24.3 Å². The summed E-state index contributed by atoms with van der Waals surface area (Å²) >= 11 is 5.90. The van der Waals surface area contributed by atoms with E-state index in [9.17, 15) is 14.9 Å². The van der Waals surface area contributed by atoms with E-state index >= 15 is 0 Å². The maximum Gasteiger partial charge on any atom is 0.294 e. The monoisotopic (exact) mass is 311 g/mol. The number of carbonyl (C=O) groups excluding carboxylic acids is 1. The third-order valence-corrected chi connectivity index (χ3v) is 4.02. The number of nitro benzene ring substituents is 1. The van der Waals surface area contributed by atoms with E-state index in [1.54, 1.807) is 4.90 Å². The van der Waals surface area contributed by atoms with E-state index < -0.39 is 4.92 Å². The van der Waals surface area contributed by atoms with Crippen LogP contribution in [0, 0.1) is 22.0 Å². The van der Waals surface area contributed by atoms with Crippen molar-refractivity contribution in [2.45, 2.75) is 20.3 Å². The van der Waals surface area contributed by atoms with E-state index in [1.165, 1.54) is 12.1 Å². The van der Waals surface area contributed by atoms with Gasteiger partial charge in [0.05, 0.1) is 9.95 Å². The number of nitro groups is 1. The molecule has 1 aromatic rings. The van der Waals surface area contributed by atoms with E-state index in [4.69, 9.17) is 17.3 Å². The third kappa shape index (κ3) is 3.26. The maximum atomic E-state index is 12.5. The minimum absolute atomic E-state index is 0.0330. The number of halogens is 1. The Kier molecular flexibility index (Phi) is 4.37. The first-order valence-electron chi connectivity index (χ1n) is 6.82. The Morgan fingerprint density at radius 3 is 2.48 bits per heavy atom. The van der Waals surface area contributed by atoms with Gasteiger partial charge in [-0.3, -0.25) is 14.9 Å². The Labute approximate surface area is 128 Å². The van der Waals surface area contributed by atoms with Crippen molar-refractivity contribution in [3.8, 4) is 0 Å². The van der Waals surface area contributed by atoms with E-state index in [0.29, 0.717) is 24.9 Å². The van der Waals surface area contributed by atoms with Crippen LogP contribution in [-0.2, 0) is 0 Å². The average Bonchev–Trinajstić information content (AvgIpc) is 2.39. The summed E-state index contributed by atoms with van der Waals surface area (Å²) in [6, 6.07) is 2.60. The zero-order valence-electron chi connectivity index (χ0n) is 12.0. The number of hydrogen-bond acceptors (Lipinski definition) is 4. The van der Waals surface area contributed by atoms with Crippen molar-refractivity contribution in [3.63, 3.8) is 0 Å². The van der Waals surface area contributed by atoms with Crippen molar-refractivity contribution in [3.05, 3.63) is 32.8 Å². The molecule has 1 aromatic carbocycles. The zero-order chi connectivity index (χ0) is 15.7. The lowest BCUT2D eigenvalue weighted by molar-refractivity contribution is -0.383. The molecule has 1 saturated heterocycles. The summed E-state index contributed by atoms with van der Waals surface area (Å²) in [7, 11) is 0. The highest BCUT2D eigenvalue weighted by Gasteiger charge is 2.28. The molecular formula is C14H18ClN3O3. The average molecular weight is 312 g/mol. The summed E-state index contributed by atoms with van der Waals surface area (Å²) in [5.41, 5.74) is 5.34. The number of nitrogen functional groups attached to an aromatic ring is 1. The summed E-state index contributed by atoms with van der Waals surface area (Å²) < 4.78 is 0. The molecule has 0 aliphatic carbocycles. The molecule has 1 amide bonds. The number of rotatable bonds is 2. The number of carbonyl (C=O) groups is 1. The topological polar surface area (TPSA) is 89.5 Å². The van der Waals surface area contributed by atoms with Crippen molar-refractivity contribution in [1.82, 2.24) is 4.90 Å². The molecule has 1 aliphatic rings. The smallest absolute Gasteiger partial charge is 0.294 e. The molecule has 2 unspecified atom stereocenters. The number of amides is 1. The molecule has 6 nitrogen and oxygen atoms in total. The number of anilines is 1. The largest absolute Gasteiger partial charge is 0.392 e. The van der Waals surface area contributed by atoms with Crippen LogP contribution in [0.15, 0.2) is 12.1 Å². The molecule has 1 heterocycles. The number of likely N-dealkylation sites (tertiary alicyclic amines) is 1. The standard InChI is InChI=1S/C14H18ClN3O3/c1-8-3-9(2)7-17(6-8)14(19)10-4-11(15)13(16)12(5-10)18(20)21/h4-5,8-9H,3,6-7,16H2,1-2H3. The molecule has 1 fully saturated rings. The highest BCUT2D eigenvalue weighted by molar-refractivity contribution is 6.34. The van der Waals surface area contributed by atoms with Crippen molar-refractivity contribution < 1.29 is 9.72 Å². The Morgan fingerprint density at radius 1 is 1.38 bits per heavy atom. The van der Waals surface area contributed by atoms with Crippen molar-refractivity contribution in [1.29, 1.82) is 0 Å². The predicted molar refractivity (Wildman–Crippen MR) is 81.4 cm³/mol. The van der Waals surface area contributed by atoms with Crippen LogP contribution in [0.4, 0.5) is 11.4 Å². The Morgan fingerprint density at radius 2 is 1.95 bits per heavy atom. The molecule has 7 heteroatoms. The number of nitrogens with zero attached hydrogens (tertiary/aromatic N) is 2. The molecule has 114 valence electrons. The second-order valence-electron chi connectivity index (χ2n) is 5.80. The van der Waals surface area contributed by atoms with Crippen LogP contribution >= 0.6 is 11.6 Å². The van der Waals surface area contributed by atoms with E-state index in [-0.39, 0.29) is 27.9 Å². The molecule has 0 spiro atoms. The van der Waals surface area contributed by atoms with Crippen LogP contribution in [0.5, 0.6) is 0 Å². The molecule has 21 heavy (non-hydrogen) atoms. The lowest BCUT2D eigenvalue weighted by Crippen LogP contribution is -2.42. The molecule has 2 rings (SSSR count). The van der Waals surface area contributed by atoms with Gasteiger partial charge >= 0.3 is 0 Å². The van der Waals surface area contributed by atoms with Gasteiger partial charge in [0.15, 0.2) is 0 Å². The van der Waals surface area contributed by atoms with Gasteiger partial charge in [0.25, 0.3) is 11.6 Å². The Hall–Kier alpha value is -1.82. The molecule has 1 aliphatic heterocycles. The van der Waals surface area contributed by atoms with E-state index in [1.807, 2.05) is 0 Å². The van der Waals surface area contributed by atoms with E-state index in [0.717, 1.165) is 6.42 Å². The molecular weight excluding hydrogens is 294 g/mol. The summed E-state index contributed by atoms with van der Waals surface area (Å²) in [4.78, 5) is 24.6.